The molecule has 29 heavy (non-hydrogen) atoms. The van der Waals surface area contributed by atoms with Gasteiger partial charge in [0.15, 0.2) is 11.6 Å². The number of fused-ring (bicyclic) bond motifs is 1. The van der Waals surface area contributed by atoms with Crippen molar-refractivity contribution in [3.05, 3.63) is 48.0 Å². The minimum atomic E-state index is -0.114. The second-order valence-electron chi connectivity index (χ2n) is 7.50. The number of hydrogen-bond acceptors (Lipinski definition) is 7. The average Bonchev–Trinajstić information content (AvgIpc) is 3.44. The van der Waals surface area contributed by atoms with E-state index in [1.165, 1.54) is 6.42 Å². The Bertz CT molecular complexity index is 1060. The molecule has 5 heterocycles. The van der Waals surface area contributed by atoms with Crippen LogP contribution in [0.15, 0.2) is 36.8 Å². The van der Waals surface area contributed by atoms with E-state index in [0.717, 1.165) is 18.9 Å². The van der Waals surface area contributed by atoms with Crippen molar-refractivity contribution in [3.8, 4) is 11.6 Å². The lowest BCUT2D eigenvalue weighted by atomic mass is 10.2. The van der Waals surface area contributed by atoms with Crippen LogP contribution in [0, 0.1) is 5.92 Å². The zero-order chi connectivity index (χ0) is 20.0. The predicted octanol–water partition coefficient (Wildman–Crippen LogP) is 2.07. The molecule has 0 radical (unpaired) electrons. The Labute approximate surface area is 167 Å². The largest absolute Gasteiger partial charge is 0.495 e. The van der Waals surface area contributed by atoms with Crippen molar-refractivity contribution in [2.45, 2.75) is 19.9 Å². The van der Waals surface area contributed by atoms with Gasteiger partial charge in [0, 0.05) is 25.4 Å². The summed E-state index contributed by atoms with van der Waals surface area (Å²) in [6, 6.07) is 5.64. The van der Waals surface area contributed by atoms with Gasteiger partial charge in [0.25, 0.3) is 5.91 Å². The first kappa shape index (κ1) is 17.6. The third-order valence-electron chi connectivity index (χ3n) is 5.44. The maximum atomic E-state index is 12.9. The van der Waals surface area contributed by atoms with E-state index in [2.05, 4.69) is 32.1 Å². The molecule has 0 aromatic carbocycles. The lowest BCUT2D eigenvalue weighted by molar-refractivity contribution is 0.0996. The monoisotopic (exact) mass is 391 g/mol. The number of anilines is 2. The Kier molecular flexibility index (Phi) is 4.15. The molecule has 148 valence electrons. The predicted molar refractivity (Wildman–Crippen MR) is 106 cm³/mol. The van der Waals surface area contributed by atoms with E-state index in [1.54, 1.807) is 41.3 Å². The van der Waals surface area contributed by atoms with Crippen LogP contribution in [0.1, 0.15) is 29.4 Å². The van der Waals surface area contributed by atoms with E-state index < -0.39 is 0 Å². The molecular formula is C20H21N7O2. The summed E-state index contributed by atoms with van der Waals surface area (Å²) in [6.07, 6.45) is 6.14. The molecule has 5 rings (SSSR count). The Balaban J connectivity index is 1.36. The quantitative estimate of drug-likeness (QED) is 0.673. The number of carbonyl (C=O) groups excluding carboxylic acids is 1. The van der Waals surface area contributed by atoms with Crippen molar-refractivity contribution in [1.82, 2.24) is 25.0 Å². The fourth-order valence-electron chi connectivity index (χ4n) is 3.82. The molecule has 0 bridgehead atoms. The molecule has 1 amide bonds. The van der Waals surface area contributed by atoms with Crippen LogP contribution in [0.2, 0.25) is 0 Å². The normalized spacial score (nSPS) is 18.4. The lowest BCUT2D eigenvalue weighted by Gasteiger charge is -2.16. The van der Waals surface area contributed by atoms with Crippen LogP contribution >= 0.6 is 0 Å². The fourth-order valence-corrected chi connectivity index (χ4v) is 3.82. The third kappa shape index (κ3) is 3.08. The van der Waals surface area contributed by atoms with E-state index in [0.29, 0.717) is 41.0 Å². The molecule has 0 unspecified atom stereocenters. The topological polar surface area (TPSA) is 89.3 Å². The van der Waals surface area contributed by atoms with Crippen LogP contribution in [-0.4, -0.2) is 51.1 Å². The zero-order valence-electron chi connectivity index (χ0n) is 16.3. The summed E-state index contributed by atoms with van der Waals surface area (Å²) in [4.78, 5) is 20.9. The maximum Gasteiger partial charge on any atom is 0.262 e. The van der Waals surface area contributed by atoms with E-state index in [4.69, 9.17) is 4.74 Å². The van der Waals surface area contributed by atoms with Gasteiger partial charge in [-0.25, -0.2) is 4.68 Å². The average molecular weight is 391 g/mol. The van der Waals surface area contributed by atoms with Gasteiger partial charge in [-0.2, -0.15) is 5.10 Å². The molecule has 9 heteroatoms. The summed E-state index contributed by atoms with van der Waals surface area (Å²) >= 11 is 0. The first-order valence-corrected chi connectivity index (χ1v) is 9.61. The molecule has 3 aromatic heterocycles. The smallest absolute Gasteiger partial charge is 0.262 e. The van der Waals surface area contributed by atoms with Crippen LogP contribution in [0.25, 0.3) is 5.82 Å². The Morgan fingerprint density at radius 1 is 1.17 bits per heavy atom. The maximum absolute atomic E-state index is 12.9. The van der Waals surface area contributed by atoms with E-state index >= 15 is 0 Å². The number of ether oxygens (including phenoxy) is 1. The molecule has 1 fully saturated rings. The molecular weight excluding hydrogens is 370 g/mol. The number of amides is 1. The van der Waals surface area contributed by atoms with Crippen molar-refractivity contribution >= 4 is 17.4 Å². The Hall–Kier alpha value is -3.49. The van der Waals surface area contributed by atoms with Crippen molar-refractivity contribution < 1.29 is 9.53 Å². The van der Waals surface area contributed by atoms with Crippen molar-refractivity contribution in [2.75, 3.05) is 30.0 Å². The second-order valence-corrected chi connectivity index (χ2v) is 7.50. The molecule has 0 N–H and O–H groups in total. The van der Waals surface area contributed by atoms with Crippen LogP contribution in [0.5, 0.6) is 5.75 Å². The molecule has 9 nitrogen and oxygen atoms in total. The van der Waals surface area contributed by atoms with Crippen LogP contribution in [0.4, 0.5) is 11.5 Å². The van der Waals surface area contributed by atoms with Crippen molar-refractivity contribution in [2.24, 2.45) is 5.92 Å². The number of methoxy groups -OCH3 is 1. The van der Waals surface area contributed by atoms with E-state index in [9.17, 15) is 4.79 Å². The lowest BCUT2D eigenvalue weighted by Crippen LogP contribution is -2.24. The Morgan fingerprint density at radius 2 is 2.00 bits per heavy atom. The van der Waals surface area contributed by atoms with Gasteiger partial charge in [0.1, 0.15) is 5.75 Å². The zero-order valence-corrected chi connectivity index (χ0v) is 16.3. The number of nitrogens with zero attached hydrogens (tertiary/aromatic N) is 7. The minimum absolute atomic E-state index is 0.114. The summed E-state index contributed by atoms with van der Waals surface area (Å²) in [5, 5.41) is 13.2. The number of aromatic nitrogens is 5. The highest BCUT2D eigenvalue weighted by Gasteiger charge is 2.32. The van der Waals surface area contributed by atoms with Crippen molar-refractivity contribution in [3.63, 3.8) is 0 Å². The van der Waals surface area contributed by atoms with Crippen LogP contribution in [0.3, 0.4) is 0 Å². The minimum Gasteiger partial charge on any atom is -0.495 e. The molecule has 1 saturated heterocycles. The molecule has 3 aromatic rings. The third-order valence-corrected chi connectivity index (χ3v) is 5.44. The molecule has 0 saturated carbocycles. The van der Waals surface area contributed by atoms with Crippen LogP contribution < -0.4 is 14.5 Å². The first-order chi connectivity index (χ1) is 14.1. The van der Waals surface area contributed by atoms with Gasteiger partial charge in [0.2, 0.25) is 0 Å². The molecule has 0 aliphatic carbocycles. The van der Waals surface area contributed by atoms with Gasteiger partial charge >= 0.3 is 0 Å². The number of pyridine rings is 1. The van der Waals surface area contributed by atoms with Gasteiger partial charge in [-0.05, 0) is 24.5 Å². The number of carbonyl (C=O) groups is 1. The summed E-state index contributed by atoms with van der Waals surface area (Å²) < 4.78 is 6.82. The first-order valence-electron chi connectivity index (χ1n) is 9.61. The number of rotatable bonds is 4. The SMILES string of the molecule is COc1cncc(N2Cc3nn(-c4ccc(N5CC[C@H](C)C5)nn4)cc3C2=O)c1. The second kappa shape index (κ2) is 6.84. The highest BCUT2D eigenvalue weighted by atomic mass is 16.5. The summed E-state index contributed by atoms with van der Waals surface area (Å²) in [5.41, 5.74) is 1.95. The molecule has 2 aliphatic rings. The summed E-state index contributed by atoms with van der Waals surface area (Å²) in [6.45, 7) is 4.64. The standard InChI is InChI=1S/C20H21N7O2/c1-13-5-6-25(10-13)18-3-4-19(23-22-18)27-11-16-17(24-27)12-26(20(16)28)14-7-15(29-2)9-21-8-14/h3-4,7-9,11,13H,5-6,10,12H2,1-2H3/t13-/m0/s1. The Morgan fingerprint density at radius 3 is 2.69 bits per heavy atom. The number of hydrogen-bond donors (Lipinski definition) is 0. The highest BCUT2D eigenvalue weighted by Crippen LogP contribution is 2.29. The highest BCUT2D eigenvalue weighted by molar-refractivity contribution is 6.09. The van der Waals surface area contributed by atoms with E-state index in [-0.39, 0.29) is 5.91 Å². The molecule has 1 atom stereocenters. The molecule has 0 spiro atoms. The van der Waals surface area contributed by atoms with Gasteiger partial charge < -0.3 is 14.5 Å². The van der Waals surface area contributed by atoms with Gasteiger partial charge in [-0.3, -0.25) is 9.78 Å². The summed E-state index contributed by atoms with van der Waals surface area (Å²) in [7, 11) is 1.57. The van der Waals surface area contributed by atoms with Gasteiger partial charge in [-0.15, -0.1) is 10.2 Å². The fraction of sp³-hybridized carbons (Fsp3) is 0.350. The van der Waals surface area contributed by atoms with Crippen LogP contribution in [-0.2, 0) is 6.54 Å². The molecule has 2 aliphatic heterocycles. The van der Waals surface area contributed by atoms with Gasteiger partial charge in [0.05, 0.1) is 43.0 Å². The van der Waals surface area contributed by atoms with Crippen molar-refractivity contribution in [1.29, 1.82) is 0 Å². The summed E-state index contributed by atoms with van der Waals surface area (Å²) in [5.74, 6) is 2.65. The van der Waals surface area contributed by atoms with E-state index in [1.807, 2.05) is 12.1 Å². The van der Waals surface area contributed by atoms with Gasteiger partial charge in [-0.1, -0.05) is 6.92 Å².